The summed E-state index contributed by atoms with van der Waals surface area (Å²) in [5.41, 5.74) is 0.416. The van der Waals surface area contributed by atoms with Gasteiger partial charge in [-0.15, -0.1) is 0 Å². The zero-order valence-corrected chi connectivity index (χ0v) is 17.0. The predicted molar refractivity (Wildman–Crippen MR) is 106 cm³/mol. The molecule has 4 saturated carbocycles. The van der Waals surface area contributed by atoms with E-state index in [0.717, 1.165) is 37.0 Å². The average Bonchev–Trinajstić information content (AvgIpc) is 2.67. The molecule has 4 aliphatic carbocycles. The van der Waals surface area contributed by atoms with Gasteiger partial charge in [-0.25, -0.2) is 4.79 Å². The van der Waals surface area contributed by atoms with Gasteiger partial charge in [-0.2, -0.15) is 5.26 Å². The van der Waals surface area contributed by atoms with Crippen LogP contribution in [0.25, 0.3) is 0 Å². The highest BCUT2D eigenvalue weighted by atomic mass is 16.6. The van der Waals surface area contributed by atoms with E-state index in [4.69, 9.17) is 14.7 Å². The number of ether oxygens (including phenoxy) is 2. The lowest BCUT2D eigenvalue weighted by atomic mass is 9.53. The molecule has 29 heavy (non-hydrogen) atoms. The minimum atomic E-state index is -0.859. The van der Waals surface area contributed by atoms with Gasteiger partial charge in [0.2, 0.25) is 0 Å². The van der Waals surface area contributed by atoms with Crippen molar-refractivity contribution in [3.63, 3.8) is 0 Å². The standard InChI is InChI=1S/C23H28N2O4/c1-14(29-22(27)15(2)28-20-5-3-16(13-24)4-6-20)21(26)25-23-10-17-7-18(11-23)9-19(8-17)12-23/h3-6,14-15,17-19H,7-12H2,1-2H3,(H,25,26)/t14-,15+,17?,18?,19?,23?/m0/s1. The summed E-state index contributed by atoms with van der Waals surface area (Å²) in [7, 11) is 0. The van der Waals surface area contributed by atoms with Crippen molar-refractivity contribution in [2.24, 2.45) is 17.8 Å². The molecule has 5 rings (SSSR count). The molecule has 4 aliphatic rings. The van der Waals surface area contributed by atoms with Crippen molar-refractivity contribution in [1.82, 2.24) is 5.32 Å². The highest BCUT2D eigenvalue weighted by Gasteiger charge is 2.51. The molecule has 0 aromatic heterocycles. The number of rotatable bonds is 6. The van der Waals surface area contributed by atoms with Gasteiger partial charge < -0.3 is 14.8 Å². The summed E-state index contributed by atoms with van der Waals surface area (Å²) in [6, 6.07) is 8.53. The van der Waals surface area contributed by atoms with Gasteiger partial charge in [-0.05, 0) is 94.4 Å². The van der Waals surface area contributed by atoms with Crippen molar-refractivity contribution in [1.29, 1.82) is 5.26 Å². The summed E-state index contributed by atoms with van der Waals surface area (Å²) in [4.78, 5) is 25.1. The van der Waals surface area contributed by atoms with E-state index in [9.17, 15) is 9.59 Å². The molecule has 1 amide bonds. The molecule has 0 saturated heterocycles. The fraction of sp³-hybridized carbons (Fsp3) is 0.609. The van der Waals surface area contributed by atoms with Crippen LogP contribution in [-0.2, 0) is 14.3 Å². The van der Waals surface area contributed by atoms with Gasteiger partial charge in [0.1, 0.15) is 5.75 Å². The number of hydrogen-bond donors (Lipinski definition) is 1. The van der Waals surface area contributed by atoms with Crippen LogP contribution in [0.5, 0.6) is 5.75 Å². The highest BCUT2D eigenvalue weighted by Crippen LogP contribution is 2.55. The van der Waals surface area contributed by atoms with Crippen molar-refractivity contribution in [3.8, 4) is 11.8 Å². The zero-order chi connectivity index (χ0) is 20.6. The Morgan fingerprint density at radius 3 is 2.10 bits per heavy atom. The second kappa shape index (κ2) is 7.70. The summed E-state index contributed by atoms with van der Waals surface area (Å²) in [5.74, 6) is 1.88. The molecule has 154 valence electrons. The molecule has 0 aliphatic heterocycles. The van der Waals surface area contributed by atoms with Crippen molar-refractivity contribution >= 4 is 11.9 Å². The van der Waals surface area contributed by atoms with E-state index in [-0.39, 0.29) is 11.4 Å². The molecular formula is C23H28N2O4. The molecule has 4 bridgehead atoms. The van der Waals surface area contributed by atoms with E-state index >= 15 is 0 Å². The molecule has 6 heteroatoms. The Labute approximate surface area is 171 Å². The monoisotopic (exact) mass is 396 g/mol. The Morgan fingerprint density at radius 2 is 1.59 bits per heavy atom. The maximum Gasteiger partial charge on any atom is 0.347 e. The number of nitrogens with one attached hydrogen (secondary N) is 1. The number of nitrogens with zero attached hydrogens (tertiary/aromatic N) is 1. The van der Waals surface area contributed by atoms with Gasteiger partial charge in [-0.3, -0.25) is 4.79 Å². The van der Waals surface area contributed by atoms with Crippen molar-refractivity contribution in [2.45, 2.75) is 70.1 Å². The SMILES string of the molecule is C[C@H](OC(=O)[C@@H](C)Oc1ccc(C#N)cc1)C(=O)NC12CC3CC(CC(C3)C1)C2. The molecular weight excluding hydrogens is 368 g/mol. The predicted octanol–water partition coefficient (Wildman–Crippen LogP) is 3.34. The molecule has 4 fully saturated rings. The summed E-state index contributed by atoms with van der Waals surface area (Å²) >= 11 is 0. The smallest absolute Gasteiger partial charge is 0.347 e. The van der Waals surface area contributed by atoms with Crippen molar-refractivity contribution in [3.05, 3.63) is 29.8 Å². The summed E-state index contributed by atoms with van der Waals surface area (Å²) in [5, 5.41) is 12.1. The Kier molecular flexibility index (Phi) is 5.24. The first-order valence-electron chi connectivity index (χ1n) is 10.5. The van der Waals surface area contributed by atoms with Gasteiger partial charge in [0, 0.05) is 5.54 Å². The molecule has 2 atom stereocenters. The van der Waals surface area contributed by atoms with Gasteiger partial charge in [0.05, 0.1) is 11.6 Å². The fourth-order valence-corrected chi connectivity index (χ4v) is 5.81. The van der Waals surface area contributed by atoms with Gasteiger partial charge in [0.25, 0.3) is 5.91 Å². The quantitative estimate of drug-likeness (QED) is 0.745. The molecule has 0 radical (unpaired) electrons. The van der Waals surface area contributed by atoms with Crippen LogP contribution in [0.3, 0.4) is 0 Å². The topological polar surface area (TPSA) is 88.4 Å². The first-order chi connectivity index (χ1) is 13.9. The van der Waals surface area contributed by atoms with Crippen LogP contribution in [0.1, 0.15) is 57.9 Å². The van der Waals surface area contributed by atoms with Crippen LogP contribution in [0, 0.1) is 29.1 Å². The maximum absolute atomic E-state index is 12.8. The van der Waals surface area contributed by atoms with Crippen molar-refractivity contribution < 1.29 is 19.1 Å². The lowest BCUT2D eigenvalue weighted by Gasteiger charge is -2.57. The van der Waals surface area contributed by atoms with E-state index < -0.39 is 18.2 Å². The second-order valence-electron chi connectivity index (χ2n) is 9.16. The summed E-state index contributed by atoms with van der Waals surface area (Å²) in [6.45, 7) is 3.20. The normalized spacial score (nSPS) is 31.4. The Morgan fingerprint density at radius 1 is 1.03 bits per heavy atom. The van der Waals surface area contributed by atoms with Gasteiger partial charge in [0.15, 0.2) is 12.2 Å². The summed E-state index contributed by atoms with van der Waals surface area (Å²) < 4.78 is 11.0. The molecule has 1 aromatic rings. The minimum Gasteiger partial charge on any atom is -0.479 e. The van der Waals surface area contributed by atoms with Crippen LogP contribution in [0.15, 0.2) is 24.3 Å². The Balaban J connectivity index is 1.30. The largest absolute Gasteiger partial charge is 0.479 e. The molecule has 6 nitrogen and oxygen atoms in total. The number of amides is 1. The molecule has 0 spiro atoms. The maximum atomic E-state index is 12.8. The number of carbonyl (C=O) groups excluding carboxylic acids is 2. The van der Waals surface area contributed by atoms with E-state index in [0.29, 0.717) is 11.3 Å². The Hall–Kier alpha value is -2.55. The van der Waals surface area contributed by atoms with E-state index in [1.165, 1.54) is 19.3 Å². The third kappa shape index (κ3) is 4.24. The Bertz CT molecular complexity index is 791. The van der Waals surface area contributed by atoms with Gasteiger partial charge in [-0.1, -0.05) is 0 Å². The third-order valence-electron chi connectivity index (χ3n) is 6.72. The number of carbonyl (C=O) groups is 2. The van der Waals surface area contributed by atoms with Gasteiger partial charge >= 0.3 is 5.97 Å². The lowest BCUT2D eigenvalue weighted by Crippen LogP contribution is -2.61. The molecule has 0 unspecified atom stereocenters. The van der Waals surface area contributed by atoms with Crippen molar-refractivity contribution in [2.75, 3.05) is 0 Å². The van der Waals surface area contributed by atoms with Crippen LogP contribution in [0.4, 0.5) is 0 Å². The van der Waals surface area contributed by atoms with Crippen LogP contribution in [-0.4, -0.2) is 29.6 Å². The molecule has 1 aromatic carbocycles. The second-order valence-corrected chi connectivity index (χ2v) is 9.16. The average molecular weight is 396 g/mol. The number of esters is 1. The zero-order valence-electron chi connectivity index (χ0n) is 17.0. The third-order valence-corrected chi connectivity index (χ3v) is 6.72. The lowest BCUT2D eigenvalue weighted by molar-refractivity contribution is -0.162. The van der Waals surface area contributed by atoms with E-state index in [1.54, 1.807) is 38.1 Å². The number of benzene rings is 1. The fourth-order valence-electron chi connectivity index (χ4n) is 5.81. The highest BCUT2D eigenvalue weighted by molar-refractivity contribution is 5.85. The van der Waals surface area contributed by atoms with E-state index in [2.05, 4.69) is 5.32 Å². The molecule has 0 heterocycles. The van der Waals surface area contributed by atoms with Crippen LogP contribution < -0.4 is 10.1 Å². The van der Waals surface area contributed by atoms with Crippen LogP contribution >= 0.6 is 0 Å². The first kappa shape index (κ1) is 19.8. The number of nitriles is 1. The van der Waals surface area contributed by atoms with Crippen LogP contribution in [0.2, 0.25) is 0 Å². The molecule has 1 N–H and O–H groups in total. The summed E-state index contributed by atoms with van der Waals surface area (Å²) in [6.07, 6.45) is 5.40. The minimum absolute atomic E-state index is 0.100. The first-order valence-corrected chi connectivity index (χ1v) is 10.5. The number of hydrogen-bond acceptors (Lipinski definition) is 5. The van der Waals surface area contributed by atoms with E-state index in [1.807, 2.05) is 6.07 Å².